The second-order valence-electron chi connectivity index (χ2n) is 5.66. The fraction of sp³-hybridized carbons (Fsp3) is 0.562. The highest BCUT2D eigenvalue weighted by Gasteiger charge is 2.42. The van der Waals surface area contributed by atoms with Crippen LogP contribution in [0.2, 0.25) is 0 Å². The highest BCUT2D eigenvalue weighted by Crippen LogP contribution is 2.42. The van der Waals surface area contributed by atoms with E-state index < -0.39 is 0 Å². The Bertz CT molecular complexity index is 380. The third kappa shape index (κ3) is 2.43. The molecule has 0 bridgehead atoms. The first-order valence-electron chi connectivity index (χ1n) is 6.74. The average Bonchev–Trinajstić information content (AvgIpc) is 2.70. The van der Waals surface area contributed by atoms with E-state index in [2.05, 4.69) is 38.1 Å². The van der Waals surface area contributed by atoms with Crippen LogP contribution in [0.3, 0.4) is 0 Å². The van der Waals surface area contributed by atoms with Crippen LogP contribution in [0.4, 0.5) is 0 Å². The van der Waals surface area contributed by atoms with Crippen molar-refractivity contribution in [1.82, 2.24) is 0 Å². The SMILES string of the molecule is CC(C)CCC1(c2ccccc2)CCCC1=O. The van der Waals surface area contributed by atoms with Crippen molar-refractivity contribution >= 4 is 5.78 Å². The fourth-order valence-electron chi connectivity index (χ4n) is 2.94. The maximum absolute atomic E-state index is 12.3. The molecule has 1 nitrogen and oxygen atoms in total. The normalized spacial score (nSPS) is 24.5. The van der Waals surface area contributed by atoms with E-state index in [1.54, 1.807) is 0 Å². The number of carbonyl (C=O) groups excluding carboxylic acids is 1. The molecule has 17 heavy (non-hydrogen) atoms. The number of carbonyl (C=O) groups is 1. The maximum Gasteiger partial charge on any atom is 0.143 e. The lowest BCUT2D eigenvalue weighted by Gasteiger charge is -2.29. The van der Waals surface area contributed by atoms with Gasteiger partial charge in [0.05, 0.1) is 5.41 Å². The van der Waals surface area contributed by atoms with Gasteiger partial charge in [0.25, 0.3) is 0 Å². The highest BCUT2D eigenvalue weighted by atomic mass is 16.1. The predicted molar refractivity (Wildman–Crippen MR) is 71.1 cm³/mol. The zero-order chi connectivity index (χ0) is 12.3. The zero-order valence-corrected chi connectivity index (χ0v) is 10.9. The zero-order valence-electron chi connectivity index (χ0n) is 10.9. The molecule has 1 heteroatoms. The van der Waals surface area contributed by atoms with Crippen molar-refractivity contribution in [3.8, 4) is 0 Å². The molecule has 0 spiro atoms. The maximum atomic E-state index is 12.3. The van der Waals surface area contributed by atoms with Crippen LogP contribution in [0.25, 0.3) is 0 Å². The van der Waals surface area contributed by atoms with Crippen LogP contribution < -0.4 is 0 Å². The summed E-state index contributed by atoms with van der Waals surface area (Å²) in [5.41, 5.74) is 1.08. The monoisotopic (exact) mass is 230 g/mol. The molecule has 0 radical (unpaired) electrons. The minimum Gasteiger partial charge on any atom is -0.299 e. The van der Waals surface area contributed by atoms with Gasteiger partial charge in [-0.15, -0.1) is 0 Å². The van der Waals surface area contributed by atoms with E-state index in [9.17, 15) is 4.79 Å². The van der Waals surface area contributed by atoms with Gasteiger partial charge >= 0.3 is 0 Å². The molecule has 1 aromatic carbocycles. The van der Waals surface area contributed by atoms with Crippen LogP contribution >= 0.6 is 0 Å². The first-order chi connectivity index (χ1) is 8.15. The summed E-state index contributed by atoms with van der Waals surface area (Å²) in [6.07, 6.45) is 5.04. The van der Waals surface area contributed by atoms with Crippen LogP contribution in [-0.2, 0) is 10.2 Å². The van der Waals surface area contributed by atoms with Gasteiger partial charge in [-0.1, -0.05) is 44.2 Å². The minimum atomic E-state index is -0.161. The van der Waals surface area contributed by atoms with Gasteiger partial charge in [-0.3, -0.25) is 4.79 Å². The van der Waals surface area contributed by atoms with E-state index in [0.29, 0.717) is 11.7 Å². The Kier molecular flexibility index (Phi) is 3.66. The molecular weight excluding hydrogens is 208 g/mol. The predicted octanol–water partition coefficient (Wildman–Crippen LogP) is 4.11. The Morgan fingerprint density at radius 2 is 1.94 bits per heavy atom. The summed E-state index contributed by atoms with van der Waals surface area (Å²) in [5, 5.41) is 0. The first kappa shape index (κ1) is 12.3. The highest BCUT2D eigenvalue weighted by molar-refractivity contribution is 5.92. The number of benzene rings is 1. The molecule has 0 amide bonds. The van der Waals surface area contributed by atoms with Crippen molar-refractivity contribution < 1.29 is 4.79 Å². The van der Waals surface area contributed by atoms with Gasteiger partial charge in [0.2, 0.25) is 0 Å². The third-order valence-corrected chi connectivity index (χ3v) is 4.02. The standard InChI is InChI=1S/C16H22O/c1-13(2)10-12-16(11-6-9-15(16)17)14-7-4-3-5-8-14/h3-5,7-8,13H,6,9-12H2,1-2H3. The summed E-state index contributed by atoms with van der Waals surface area (Å²) in [7, 11) is 0. The van der Waals surface area contributed by atoms with E-state index >= 15 is 0 Å². The summed E-state index contributed by atoms with van der Waals surface area (Å²) in [6.45, 7) is 4.47. The molecular formula is C16H22O. The van der Waals surface area contributed by atoms with Crippen LogP contribution in [-0.4, -0.2) is 5.78 Å². The number of ketones is 1. The summed E-state index contributed by atoms with van der Waals surface area (Å²) < 4.78 is 0. The molecule has 0 N–H and O–H groups in total. The molecule has 92 valence electrons. The first-order valence-corrected chi connectivity index (χ1v) is 6.74. The summed E-state index contributed by atoms with van der Waals surface area (Å²) in [5.74, 6) is 1.13. The lowest BCUT2D eigenvalue weighted by molar-refractivity contribution is -0.122. The second kappa shape index (κ2) is 5.03. The average molecular weight is 230 g/mol. The third-order valence-electron chi connectivity index (χ3n) is 4.02. The quantitative estimate of drug-likeness (QED) is 0.760. The van der Waals surface area contributed by atoms with Crippen molar-refractivity contribution in [1.29, 1.82) is 0 Å². The van der Waals surface area contributed by atoms with Crippen molar-refractivity contribution in [2.45, 2.75) is 51.4 Å². The van der Waals surface area contributed by atoms with Gasteiger partial charge in [0, 0.05) is 6.42 Å². The van der Waals surface area contributed by atoms with Crippen LogP contribution in [0.15, 0.2) is 30.3 Å². The van der Waals surface area contributed by atoms with E-state index in [-0.39, 0.29) is 5.41 Å². The van der Waals surface area contributed by atoms with Crippen LogP contribution in [0.1, 0.15) is 51.5 Å². The van der Waals surface area contributed by atoms with Crippen molar-refractivity contribution in [3.63, 3.8) is 0 Å². The summed E-state index contributed by atoms with van der Waals surface area (Å²) in [4.78, 5) is 12.3. The van der Waals surface area contributed by atoms with E-state index in [1.807, 2.05) is 6.07 Å². The fourth-order valence-corrected chi connectivity index (χ4v) is 2.94. The van der Waals surface area contributed by atoms with Crippen molar-refractivity contribution in [2.75, 3.05) is 0 Å². The molecule has 1 aromatic rings. The van der Waals surface area contributed by atoms with Gasteiger partial charge < -0.3 is 0 Å². The van der Waals surface area contributed by atoms with Gasteiger partial charge in [-0.25, -0.2) is 0 Å². The minimum absolute atomic E-state index is 0.161. The van der Waals surface area contributed by atoms with Crippen LogP contribution in [0.5, 0.6) is 0 Å². The summed E-state index contributed by atoms with van der Waals surface area (Å²) in [6, 6.07) is 10.4. The van der Waals surface area contributed by atoms with Gasteiger partial charge in [-0.2, -0.15) is 0 Å². The van der Waals surface area contributed by atoms with Gasteiger partial charge in [-0.05, 0) is 37.2 Å². The molecule has 0 saturated heterocycles. The van der Waals surface area contributed by atoms with E-state index in [4.69, 9.17) is 0 Å². The molecule has 0 aromatic heterocycles. The molecule has 1 fully saturated rings. The van der Waals surface area contributed by atoms with Gasteiger partial charge in [0.1, 0.15) is 5.78 Å². The summed E-state index contributed by atoms with van der Waals surface area (Å²) >= 11 is 0. The number of hydrogen-bond acceptors (Lipinski definition) is 1. The molecule has 0 heterocycles. The number of Topliss-reactive ketones (excluding diaryl/α,β-unsaturated/α-hetero) is 1. The lowest BCUT2D eigenvalue weighted by atomic mass is 9.73. The Morgan fingerprint density at radius 1 is 1.24 bits per heavy atom. The van der Waals surface area contributed by atoms with Crippen LogP contribution in [0, 0.1) is 5.92 Å². The Labute approximate surface area is 104 Å². The number of hydrogen-bond donors (Lipinski definition) is 0. The van der Waals surface area contributed by atoms with Crippen molar-refractivity contribution in [3.05, 3.63) is 35.9 Å². The molecule has 1 atom stereocenters. The molecule has 0 aliphatic heterocycles. The molecule has 1 aliphatic carbocycles. The topological polar surface area (TPSA) is 17.1 Å². The van der Waals surface area contributed by atoms with Gasteiger partial charge in [0.15, 0.2) is 0 Å². The van der Waals surface area contributed by atoms with E-state index in [1.165, 1.54) is 5.56 Å². The second-order valence-corrected chi connectivity index (χ2v) is 5.66. The molecule has 2 rings (SSSR count). The Morgan fingerprint density at radius 3 is 2.47 bits per heavy atom. The molecule has 1 aliphatic rings. The largest absolute Gasteiger partial charge is 0.299 e. The van der Waals surface area contributed by atoms with E-state index in [0.717, 1.165) is 32.1 Å². The Balaban J connectivity index is 2.28. The smallest absolute Gasteiger partial charge is 0.143 e. The molecule has 1 saturated carbocycles. The molecule has 1 unspecified atom stereocenters. The van der Waals surface area contributed by atoms with Crippen molar-refractivity contribution in [2.24, 2.45) is 5.92 Å². The lowest BCUT2D eigenvalue weighted by Crippen LogP contribution is -2.31. The Hall–Kier alpha value is -1.11. The number of rotatable bonds is 4.